The van der Waals surface area contributed by atoms with Crippen LogP contribution in [-0.4, -0.2) is 41.3 Å². The summed E-state index contributed by atoms with van der Waals surface area (Å²) in [6.07, 6.45) is 2.35. The van der Waals surface area contributed by atoms with Crippen molar-refractivity contribution in [3.63, 3.8) is 0 Å². The molecule has 3 rings (SSSR count). The van der Waals surface area contributed by atoms with Crippen LogP contribution >= 0.6 is 11.3 Å². The largest absolute Gasteiger partial charge is 0.487 e. The fraction of sp³-hybridized carbons (Fsp3) is 0.450. The number of thiazole rings is 1. The van der Waals surface area contributed by atoms with Crippen LogP contribution in [0.25, 0.3) is 0 Å². The predicted molar refractivity (Wildman–Crippen MR) is 105 cm³/mol. The lowest BCUT2D eigenvalue weighted by molar-refractivity contribution is -0.126. The molecular formula is C20H25N3O3S. The number of nitrogens with one attached hydrogen (secondary N) is 1. The molecule has 1 aliphatic rings. The molecule has 1 saturated heterocycles. The van der Waals surface area contributed by atoms with E-state index in [9.17, 15) is 9.59 Å². The van der Waals surface area contributed by atoms with Gasteiger partial charge < -0.3 is 15.0 Å². The Bertz CT molecular complexity index is 756. The number of carbonyl (C=O) groups is 2. The van der Waals surface area contributed by atoms with Gasteiger partial charge in [0.25, 0.3) is 5.91 Å². The van der Waals surface area contributed by atoms with Gasteiger partial charge in [-0.3, -0.25) is 9.59 Å². The van der Waals surface area contributed by atoms with Crippen molar-refractivity contribution in [1.29, 1.82) is 0 Å². The Kier molecular flexibility index (Phi) is 6.81. The second-order valence-corrected chi connectivity index (χ2v) is 7.37. The molecule has 2 aromatic rings. The molecule has 1 fully saturated rings. The third-order valence-electron chi connectivity index (χ3n) is 4.65. The summed E-state index contributed by atoms with van der Waals surface area (Å²) in [5, 5.41) is 4.89. The molecule has 144 valence electrons. The number of amides is 2. The van der Waals surface area contributed by atoms with Crippen LogP contribution < -0.4 is 10.1 Å². The SMILES string of the molecule is CCCNC(=O)C1CCN(C(=O)c2cccc(OCc3cscn3)c2)CC1. The third kappa shape index (κ3) is 5.29. The van der Waals surface area contributed by atoms with Crippen molar-refractivity contribution >= 4 is 23.2 Å². The van der Waals surface area contributed by atoms with Crippen molar-refractivity contribution in [2.45, 2.75) is 32.8 Å². The zero-order valence-electron chi connectivity index (χ0n) is 15.5. The highest BCUT2D eigenvalue weighted by Gasteiger charge is 2.27. The molecule has 27 heavy (non-hydrogen) atoms. The van der Waals surface area contributed by atoms with Gasteiger partial charge in [0, 0.05) is 36.5 Å². The van der Waals surface area contributed by atoms with E-state index in [4.69, 9.17) is 4.74 Å². The molecule has 0 atom stereocenters. The fourth-order valence-corrected chi connectivity index (χ4v) is 3.65. The van der Waals surface area contributed by atoms with Crippen LogP contribution in [0.1, 0.15) is 42.2 Å². The van der Waals surface area contributed by atoms with Crippen LogP contribution in [0.5, 0.6) is 5.75 Å². The molecule has 2 amide bonds. The maximum absolute atomic E-state index is 12.8. The first-order chi connectivity index (χ1) is 13.2. The normalized spacial score (nSPS) is 14.8. The van der Waals surface area contributed by atoms with Crippen molar-refractivity contribution in [3.8, 4) is 5.75 Å². The number of hydrogen-bond acceptors (Lipinski definition) is 5. The van der Waals surface area contributed by atoms with Gasteiger partial charge in [0.05, 0.1) is 11.2 Å². The second-order valence-electron chi connectivity index (χ2n) is 6.65. The van der Waals surface area contributed by atoms with Gasteiger partial charge in [0.1, 0.15) is 12.4 Å². The average Bonchev–Trinajstić information content (AvgIpc) is 3.24. The van der Waals surface area contributed by atoms with E-state index >= 15 is 0 Å². The molecule has 0 aliphatic carbocycles. The maximum atomic E-state index is 12.8. The van der Waals surface area contributed by atoms with E-state index in [2.05, 4.69) is 10.3 Å². The minimum Gasteiger partial charge on any atom is -0.487 e. The number of piperidine rings is 1. The number of hydrogen-bond donors (Lipinski definition) is 1. The Morgan fingerprint density at radius 2 is 2.15 bits per heavy atom. The summed E-state index contributed by atoms with van der Waals surface area (Å²) in [5.41, 5.74) is 3.25. The van der Waals surface area contributed by atoms with Crippen molar-refractivity contribution < 1.29 is 14.3 Å². The molecule has 1 aromatic heterocycles. The van der Waals surface area contributed by atoms with E-state index in [1.54, 1.807) is 17.6 Å². The van der Waals surface area contributed by atoms with Crippen LogP contribution in [0, 0.1) is 5.92 Å². The molecular weight excluding hydrogens is 362 g/mol. The summed E-state index contributed by atoms with van der Waals surface area (Å²) in [6.45, 7) is 4.35. The molecule has 7 heteroatoms. The third-order valence-corrected chi connectivity index (χ3v) is 5.29. The van der Waals surface area contributed by atoms with Gasteiger partial charge in [-0.05, 0) is 37.5 Å². The van der Waals surface area contributed by atoms with Crippen LogP contribution in [0.2, 0.25) is 0 Å². The number of nitrogens with zero attached hydrogens (tertiary/aromatic N) is 2. The monoisotopic (exact) mass is 387 g/mol. The lowest BCUT2D eigenvalue weighted by Gasteiger charge is -2.31. The Morgan fingerprint density at radius 1 is 1.33 bits per heavy atom. The Labute approximate surface area is 163 Å². The predicted octanol–water partition coefficient (Wildman–Crippen LogP) is 3.10. The molecule has 0 saturated carbocycles. The minimum absolute atomic E-state index is 0.00776. The van der Waals surface area contributed by atoms with Crippen LogP contribution in [-0.2, 0) is 11.4 Å². The molecule has 0 spiro atoms. The summed E-state index contributed by atoms with van der Waals surface area (Å²) in [6, 6.07) is 7.24. The molecule has 0 radical (unpaired) electrons. The van der Waals surface area contributed by atoms with E-state index in [0.29, 0.717) is 50.4 Å². The van der Waals surface area contributed by atoms with Gasteiger partial charge >= 0.3 is 0 Å². The quantitative estimate of drug-likeness (QED) is 0.792. The molecule has 1 aliphatic heterocycles. The summed E-state index contributed by atoms with van der Waals surface area (Å²) >= 11 is 1.53. The molecule has 6 nitrogen and oxygen atoms in total. The first-order valence-electron chi connectivity index (χ1n) is 9.34. The fourth-order valence-electron chi connectivity index (χ4n) is 3.10. The van der Waals surface area contributed by atoms with Crippen molar-refractivity contribution in [2.75, 3.05) is 19.6 Å². The zero-order valence-corrected chi connectivity index (χ0v) is 16.3. The average molecular weight is 388 g/mol. The first kappa shape index (κ1) is 19.4. The minimum atomic E-state index is -0.0125. The molecule has 1 aromatic carbocycles. The highest BCUT2D eigenvalue weighted by Crippen LogP contribution is 2.21. The van der Waals surface area contributed by atoms with Gasteiger partial charge in [0.2, 0.25) is 5.91 Å². The van der Waals surface area contributed by atoms with Crippen molar-refractivity contribution in [3.05, 3.63) is 46.4 Å². The molecule has 0 bridgehead atoms. The number of likely N-dealkylation sites (tertiary alicyclic amines) is 1. The Hall–Kier alpha value is -2.41. The molecule has 1 N–H and O–H groups in total. The summed E-state index contributed by atoms with van der Waals surface area (Å²) < 4.78 is 5.74. The first-order valence-corrected chi connectivity index (χ1v) is 10.3. The van der Waals surface area contributed by atoms with Crippen molar-refractivity contribution in [1.82, 2.24) is 15.2 Å². The number of benzene rings is 1. The number of carbonyl (C=O) groups excluding carboxylic acids is 2. The summed E-state index contributed by atoms with van der Waals surface area (Å²) in [5.74, 6) is 0.763. The lowest BCUT2D eigenvalue weighted by atomic mass is 9.95. The van der Waals surface area contributed by atoms with Gasteiger partial charge in [-0.1, -0.05) is 13.0 Å². The van der Waals surface area contributed by atoms with Crippen LogP contribution in [0.15, 0.2) is 35.2 Å². The highest BCUT2D eigenvalue weighted by molar-refractivity contribution is 7.07. The summed E-state index contributed by atoms with van der Waals surface area (Å²) in [7, 11) is 0. The van der Waals surface area contributed by atoms with Gasteiger partial charge in [-0.25, -0.2) is 4.98 Å². The number of aromatic nitrogens is 1. The smallest absolute Gasteiger partial charge is 0.253 e. The van der Waals surface area contributed by atoms with E-state index in [1.807, 2.05) is 29.3 Å². The lowest BCUT2D eigenvalue weighted by Crippen LogP contribution is -2.43. The van der Waals surface area contributed by atoms with Crippen molar-refractivity contribution in [2.24, 2.45) is 5.92 Å². The second kappa shape index (κ2) is 9.50. The number of ether oxygens (including phenoxy) is 1. The van der Waals surface area contributed by atoms with E-state index in [1.165, 1.54) is 11.3 Å². The topological polar surface area (TPSA) is 71.5 Å². The zero-order chi connectivity index (χ0) is 19.1. The highest BCUT2D eigenvalue weighted by atomic mass is 32.1. The van der Waals surface area contributed by atoms with Crippen LogP contribution in [0.4, 0.5) is 0 Å². The van der Waals surface area contributed by atoms with E-state index in [-0.39, 0.29) is 17.7 Å². The van der Waals surface area contributed by atoms with Gasteiger partial charge in [-0.15, -0.1) is 11.3 Å². The standard InChI is InChI=1S/C20H25N3O3S/c1-2-8-21-19(24)15-6-9-23(10-7-15)20(25)16-4-3-5-18(11-16)26-12-17-13-27-14-22-17/h3-5,11,13-15H,2,6-10,12H2,1H3,(H,21,24). The Morgan fingerprint density at radius 3 is 2.85 bits per heavy atom. The summed E-state index contributed by atoms with van der Waals surface area (Å²) in [4.78, 5) is 30.9. The molecule has 0 unspecified atom stereocenters. The van der Waals surface area contributed by atoms with Gasteiger partial charge in [0.15, 0.2) is 0 Å². The molecule has 2 heterocycles. The van der Waals surface area contributed by atoms with Gasteiger partial charge in [-0.2, -0.15) is 0 Å². The Balaban J connectivity index is 1.53. The van der Waals surface area contributed by atoms with E-state index < -0.39 is 0 Å². The maximum Gasteiger partial charge on any atom is 0.253 e. The number of rotatable bonds is 7. The van der Waals surface area contributed by atoms with Crippen LogP contribution in [0.3, 0.4) is 0 Å². The van der Waals surface area contributed by atoms with E-state index in [0.717, 1.165) is 12.1 Å².